The number of phenols is 1. The van der Waals surface area contributed by atoms with E-state index in [1.54, 1.807) is 18.5 Å². The van der Waals surface area contributed by atoms with Gasteiger partial charge in [-0.05, 0) is 44.1 Å². The molecule has 0 saturated carbocycles. The van der Waals surface area contributed by atoms with Gasteiger partial charge in [-0.25, -0.2) is 0 Å². The van der Waals surface area contributed by atoms with Gasteiger partial charge in [0.1, 0.15) is 11.9 Å². The lowest BCUT2D eigenvalue weighted by Crippen LogP contribution is -2.22. The number of ether oxygens (including phenoxy) is 1. The summed E-state index contributed by atoms with van der Waals surface area (Å²) in [6.07, 6.45) is 5.50. The van der Waals surface area contributed by atoms with E-state index >= 15 is 0 Å². The number of phenolic OH excluding ortho intramolecular Hbond substituents is 1. The SMILES string of the molecule is Cn1c(CN2CCCC2)c(C(=O)C2CO2)c2cc(O)c(-c3cccnc3)cc21. The molecule has 6 nitrogen and oxygen atoms in total. The second-order valence-electron chi connectivity index (χ2n) is 7.68. The van der Waals surface area contributed by atoms with Crippen LogP contribution in [0.5, 0.6) is 5.75 Å². The van der Waals surface area contributed by atoms with Gasteiger partial charge in [0, 0.05) is 53.7 Å². The Labute approximate surface area is 163 Å². The summed E-state index contributed by atoms with van der Waals surface area (Å²) >= 11 is 0. The van der Waals surface area contributed by atoms with Crippen molar-refractivity contribution in [2.75, 3.05) is 19.7 Å². The Morgan fingerprint density at radius 2 is 2.11 bits per heavy atom. The van der Waals surface area contributed by atoms with Crippen LogP contribution in [0.2, 0.25) is 0 Å². The first-order chi connectivity index (χ1) is 13.6. The molecular weight excluding hydrogens is 354 g/mol. The molecule has 2 fully saturated rings. The molecule has 5 rings (SSSR count). The molecule has 28 heavy (non-hydrogen) atoms. The quantitative estimate of drug-likeness (QED) is 0.546. The molecule has 2 aliphatic rings. The van der Waals surface area contributed by atoms with Crippen LogP contribution >= 0.6 is 0 Å². The van der Waals surface area contributed by atoms with Gasteiger partial charge in [0.05, 0.1) is 12.2 Å². The predicted octanol–water partition coefficient (Wildman–Crippen LogP) is 3.12. The fraction of sp³-hybridized carbons (Fsp3) is 0.364. The van der Waals surface area contributed by atoms with Gasteiger partial charge in [0.15, 0.2) is 5.78 Å². The van der Waals surface area contributed by atoms with E-state index in [9.17, 15) is 9.90 Å². The van der Waals surface area contributed by atoms with Crippen LogP contribution in [-0.4, -0.2) is 51.1 Å². The van der Waals surface area contributed by atoms with Crippen molar-refractivity contribution in [3.8, 4) is 16.9 Å². The molecule has 4 heterocycles. The topological polar surface area (TPSA) is 70.9 Å². The summed E-state index contributed by atoms with van der Waals surface area (Å²) in [5.41, 5.74) is 4.20. The molecule has 0 amide bonds. The van der Waals surface area contributed by atoms with Gasteiger partial charge in [-0.3, -0.25) is 14.7 Å². The van der Waals surface area contributed by atoms with E-state index in [1.807, 2.05) is 25.2 Å². The average molecular weight is 377 g/mol. The van der Waals surface area contributed by atoms with Crippen LogP contribution in [0, 0.1) is 0 Å². The zero-order valence-corrected chi connectivity index (χ0v) is 15.9. The lowest BCUT2D eigenvalue weighted by atomic mass is 10.00. The number of likely N-dealkylation sites (tertiary alicyclic amines) is 1. The number of ketones is 1. The van der Waals surface area contributed by atoms with Crippen molar-refractivity contribution in [2.24, 2.45) is 7.05 Å². The number of nitrogens with zero attached hydrogens (tertiary/aromatic N) is 3. The number of hydrogen-bond donors (Lipinski definition) is 1. The van der Waals surface area contributed by atoms with Gasteiger partial charge < -0.3 is 14.4 Å². The number of Topliss-reactive ketones (excluding diaryl/α,β-unsaturated/α-hetero) is 1. The maximum atomic E-state index is 13.0. The Morgan fingerprint density at radius 3 is 2.79 bits per heavy atom. The highest BCUT2D eigenvalue weighted by molar-refractivity contribution is 6.13. The highest BCUT2D eigenvalue weighted by Crippen LogP contribution is 2.38. The minimum atomic E-state index is -0.344. The Bertz CT molecular complexity index is 1050. The number of benzene rings is 1. The van der Waals surface area contributed by atoms with Crippen LogP contribution < -0.4 is 0 Å². The fourth-order valence-corrected chi connectivity index (χ4v) is 4.25. The fourth-order valence-electron chi connectivity index (χ4n) is 4.25. The first-order valence-corrected chi connectivity index (χ1v) is 9.76. The summed E-state index contributed by atoms with van der Waals surface area (Å²) in [5, 5.41) is 11.5. The zero-order chi connectivity index (χ0) is 19.3. The molecular formula is C22H23N3O3. The third-order valence-electron chi connectivity index (χ3n) is 5.85. The molecule has 1 aromatic carbocycles. The van der Waals surface area contributed by atoms with Crippen molar-refractivity contribution in [3.63, 3.8) is 0 Å². The van der Waals surface area contributed by atoms with Crippen LogP contribution in [0.4, 0.5) is 0 Å². The summed E-state index contributed by atoms with van der Waals surface area (Å²) < 4.78 is 7.39. The van der Waals surface area contributed by atoms with Gasteiger partial charge in [-0.2, -0.15) is 0 Å². The summed E-state index contributed by atoms with van der Waals surface area (Å²) in [4.78, 5) is 19.6. The molecule has 2 saturated heterocycles. The van der Waals surface area contributed by atoms with E-state index in [0.29, 0.717) is 12.2 Å². The number of rotatable bonds is 5. The Hall–Kier alpha value is -2.70. The molecule has 3 aromatic rings. The molecule has 1 N–H and O–H groups in total. The Morgan fingerprint density at radius 1 is 1.32 bits per heavy atom. The molecule has 1 unspecified atom stereocenters. The van der Waals surface area contributed by atoms with Gasteiger partial charge >= 0.3 is 0 Å². The van der Waals surface area contributed by atoms with E-state index < -0.39 is 0 Å². The maximum Gasteiger partial charge on any atom is 0.196 e. The minimum Gasteiger partial charge on any atom is -0.507 e. The summed E-state index contributed by atoms with van der Waals surface area (Å²) in [6.45, 7) is 3.34. The molecule has 2 aliphatic heterocycles. The lowest BCUT2D eigenvalue weighted by molar-refractivity contribution is 0.0953. The van der Waals surface area contributed by atoms with Crippen LogP contribution in [0.25, 0.3) is 22.0 Å². The van der Waals surface area contributed by atoms with Gasteiger partial charge in [0.25, 0.3) is 0 Å². The number of carbonyl (C=O) groups excluding carboxylic acids is 1. The number of epoxide rings is 1. The van der Waals surface area contributed by atoms with E-state index in [0.717, 1.165) is 47.4 Å². The summed E-state index contributed by atoms with van der Waals surface area (Å²) in [5.74, 6) is 0.179. The molecule has 6 heteroatoms. The molecule has 144 valence electrons. The zero-order valence-electron chi connectivity index (χ0n) is 15.9. The van der Waals surface area contributed by atoms with E-state index in [2.05, 4.69) is 14.5 Å². The first-order valence-electron chi connectivity index (χ1n) is 9.76. The number of carbonyl (C=O) groups is 1. The van der Waals surface area contributed by atoms with Crippen molar-refractivity contribution in [1.29, 1.82) is 0 Å². The smallest absolute Gasteiger partial charge is 0.196 e. The molecule has 0 aliphatic carbocycles. The molecule has 1 atom stereocenters. The number of hydrogen-bond acceptors (Lipinski definition) is 5. The standard InChI is InChI=1S/C22H23N3O3/c1-24-17-9-15(14-5-4-6-23-11-14)19(26)10-16(17)21(22(27)20-13-28-20)18(24)12-25-7-2-3-8-25/h4-6,9-11,20,26H,2-3,7-8,12-13H2,1H3. The number of aromatic nitrogens is 2. The first kappa shape index (κ1) is 17.4. The van der Waals surface area contributed by atoms with E-state index in [4.69, 9.17) is 4.74 Å². The van der Waals surface area contributed by atoms with Crippen LogP contribution in [0.15, 0.2) is 36.7 Å². The Kier molecular flexibility index (Phi) is 4.18. The highest BCUT2D eigenvalue weighted by atomic mass is 16.6. The molecule has 0 radical (unpaired) electrons. The molecule has 2 aromatic heterocycles. The summed E-state index contributed by atoms with van der Waals surface area (Å²) in [6, 6.07) is 7.45. The normalized spacial score (nSPS) is 19.4. The second kappa shape index (κ2) is 6.72. The average Bonchev–Trinajstić information content (AvgIpc) is 3.38. The van der Waals surface area contributed by atoms with Crippen molar-refractivity contribution in [1.82, 2.24) is 14.5 Å². The van der Waals surface area contributed by atoms with Crippen LogP contribution in [-0.2, 0) is 18.3 Å². The Balaban J connectivity index is 1.69. The lowest BCUT2D eigenvalue weighted by Gasteiger charge is -2.16. The van der Waals surface area contributed by atoms with E-state index in [1.165, 1.54) is 12.8 Å². The molecule has 0 bridgehead atoms. The van der Waals surface area contributed by atoms with Crippen molar-refractivity contribution >= 4 is 16.7 Å². The molecule has 0 spiro atoms. The number of aryl methyl sites for hydroxylation is 1. The van der Waals surface area contributed by atoms with Crippen molar-refractivity contribution < 1.29 is 14.6 Å². The maximum absolute atomic E-state index is 13.0. The van der Waals surface area contributed by atoms with E-state index in [-0.39, 0.29) is 17.6 Å². The highest BCUT2D eigenvalue weighted by Gasteiger charge is 2.36. The van der Waals surface area contributed by atoms with Crippen LogP contribution in [0.1, 0.15) is 28.9 Å². The van der Waals surface area contributed by atoms with Gasteiger partial charge in [0.2, 0.25) is 0 Å². The minimum absolute atomic E-state index is 0.0216. The van der Waals surface area contributed by atoms with Crippen LogP contribution in [0.3, 0.4) is 0 Å². The second-order valence-corrected chi connectivity index (χ2v) is 7.68. The summed E-state index contributed by atoms with van der Waals surface area (Å²) in [7, 11) is 2.00. The number of fused-ring (bicyclic) bond motifs is 1. The monoisotopic (exact) mass is 377 g/mol. The van der Waals surface area contributed by atoms with Crippen molar-refractivity contribution in [2.45, 2.75) is 25.5 Å². The predicted molar refractivity (Wildman–Crippen MR) is 106 cm³/mol. The van der Waals surface area contributed by atoms with Gasteiger partial charge in [-0.1, -0.05) is 6.07 Å². The third kappa shape index (κ3) is 2.89. The van der Waals surface area contributed by atoms with Gasteiger partial charge in [-0.15, -0.1) is 0 Å². The number of aromatic hydroxyl groups is 1. The number of pyridine rings is 1. The largest absolute Gasteiger partial charge is 0.507 e. The third-order valence-corrected chi connectivity index (χ3v) is 5.85. The van der Waals surface area contributed by atoms with Crippen molar-refractivity contribution in [3.05, 3.63) is 47.9 Å².